The van der Waals surface area contributed by atoms with Crippen molar-refractivity contribution in [2.45, 2.75) is 199 Å². The number of nitrogens with one attached hydrogen (secondary N) is 12. The number of aromatic nitrogens is 1. The van der Waals surface area contributed by atoms with Crippen molar-refractivity contribution < 1.29 is 92.3 Å². The maximum atomic E-state index is 14.6. The zero-order chi connectivity index (χ0) is 73.4. The average molecular weight is 1370 g/mol. The van der Waals surface area contributed by atoms with E-state index in [1.54, 1.807) is 72.0 Å². The lowest BCUT2D eigenvalue weighted by molar-refractivity contribution is -0.142. The lowest BCUT2D eigenvalue weighted by atomic mass is 10.00. The summed E-state index contributed by atoms with van der Waals surface area (Å²) < 4.78 is 0. The molecule has 1 heterocycles. The number of benzene rings is 1. The molecule has 540 valence electrons. The number of guanidine groups is 1. The lowest BCUT2D eigenvalue weighted by Crippen LogP contribution is -2.61. The first-order valence-electron chi connectivity index (χ1n) is 31.6. The smallest absolute Gasteiger partial charge is 0.305 e. The standard InChI is InChI=1S/C61H97N17O19/c1-29(2)21-40(50(63)87)73-60(97)46(28-79)78-51(88)32(7)68-55(92)43(24-34-27-67-36-14-10-9-13-35(34)36)75-53(90)38(16-12-20-66-61(64)65)71-58(95)44(25-48(83)84)76-52(89)37(15-11-19-62)70-59(96)45(26-49(85)86)77-57(94)42(23-31(5)6)74-54(91)39(17-18-47(81)82)72-56(93)41(22-30(3)4)69-33(8)80/h9-10,13-14,27,29-32,37-46,67,79H,11-12,15-26,28,62H2,1-8H3,(H2,63,87)(H,68,92)(H,69,80)(H,70,96)(H,71,95)(H,72,93)(H,73,97)(H,74,91)(H,75,90)(H,76,89)(H,77,94)(H,78,88)(H,81,82)(H,83,84)(H,85,86)(H4,64,65,66)/t32-,37-,38-,39-,40-,41-,42-,43-,44-,45-,46-/m0/s1. The van der Waals surface area contributed by atoms with Crippen molar-refractivity contribution in [1.82, 2.24) is 63.5 Å². The number of aliphatic hydroxyl groups is 1. The predicted octanol–water partition coefficient (Wildman–Crippen LogP) is -4.69. The van der Waals surface area contributed by atoms with Crippen molar-refractivity contribution in [3.05, 3.63) is 36.0 Å². The minimum absolute atomic E-state index is 0.0400. The molecular weight excluding hydrogens is 1270 g/mol. The Kier molecular flexibility index (Phi) is 35.8. The van der Waals surface area contributed by atoms with Crippen molar-refractivity contribution in [1.29, 1.82) is 0 Å². The number of carbonyl (C=O) groups excluding carboxylic acids is 12. The minimum atomic E-state index is -2.06. The molecule has 0 spiro atoms. The second-order valence-electron chi connectivity index (χ2n) is 24.6. The van der Waals surface area contributed by atoms with E-state index in [-0.39, 0.29) is 82.3 Å². The Morgan fingerprint density at radius 3 is 1.31 bits per heavy atom. The largest absolute Gasteiger partial charge is 0.481 e. The number of carbonyl (C=O) groups is 15. The highest BCUT2D eigenvalue weighted by atomic mass is 16.4. The van der Waals surface area contributed by atoms with Crippen LogP contribution in [0.4, 0.5) is 0 Å². The highest BCUT2D eigenvalue weighted by Crippen LogP contribution is 2.20. The van der Waals surface area contributed by atoms with Gasteiger partial charge in [0.05, 0.1) is 19.4 Å². The van der Waals surface area contributed by atoms with Gasteiger partial charge in [0.2, 0.25) is 70.9 Å². The summed E-state index contributed by atoms with van der Waals surface area (Å²) in [6, 6.07) is -10.8. The van der Waals surface area contributed by atoms with Gasteiger partial charge in [-0.05, 0) is 94.2 Å². The summed E-state index contributed by atoms with van der Waals surface area (Å²) in [5, 5.41) is 66.5. The molecule has 24 N–H and O–H groups in total. The van der Waals surface area contributed by atoms with Gasteiger partial charge in [-0.15, -0.1) is 0 Å². The third-order valence-electron chi connectivity index (χ3n) is 14.6. The van der Waals surface area contributed by atoms with Crippen LogP contribution in [0.5, 0.6) is 0 Å². The zero-order valence-corrected chi connectivity index (χ0v) is 55.7. The van der Waals surface area contributed by atoms with Crippen molar-refractivity contribution >= 4 is 106 Å². The van der Waals surface area contributed by atoms with Crippen LogP contribution in [-0.4, -0.2) is 206 Å². The average Bonchev–Trinajstić information content (AvgIpc) is 1.67. The number of fused-ring (bicyclic) bond motifs is 1. The maximum absolute atomic E-state index is 14.6. The number of carboxylic acid groups (broad SMARTS) is 3. The van der Waals surface area contributed by atoms with Gasteiger partial charge in [-0.25, -0.2) is 0 Å². The molecule has 12 amide bonds. The minimum Gasteiger partial charge on any atom is -0.481 e. The fourth-order valence-electron chi connectivity index (χ4n) is 9.81. The van der Waals surface area contributed by atoms with Crippen LogP contribution in [0.3, 0.4) is 0 Å². The Balaban J connectivity index is 2.56. The Hall–Kier alpha value is -10.00. The van der Waals surface area contributed by atoms with Crippen LogP contribution >= 0.6 is 0 Å². The Bertz CT molecular complexity index is 3120. The molecule has 0 bridgehead atoms. The van der Waals surface area contributed by atoms with E-state index < -0.39 is 193 Å². The fraction of sp³-hybridized carbons (Fsp3) is 0.607. The van der Waals surface area contributed by atoms with Gasteiger partial charge in [0.25, 0.3) is 0 Å². The number of hydrogen-bond donors (Lipinski definition) is 20. The molecule has 0 aliphatic heterocycles. The van der Waals surface area contributed by atoms with Gasteiger partial charge in [-0.3, -0.25) is 76.9 Å². The van der Waals surface area contributed by atoms with Gasteiger partial charge in [0, 0.05) is 43.4 Å². The third-order valence-corrected chi connectivity index (χ3v) is 14.6. The van der Waals surface area contributed by atoms with E-state index in [4.69, 9.17) is 22.9 Å². The summed E-state index contributed by atoms with van der Waals surface area (Å²) in [6.45, 7) is 11.6. The molecular formula is C61H97N17O19. The molecule has 1 aromatic carbocycles. The molecule has 0 radical (unpaired) electrons. The SMILES string of the molecule is CC(=O)N[C@@H](CC(C)C)C(=O)N[C@@H](CCC(=O)O)C(=O)N[C@@H](CC(C)C)C(=O)N[C@@H](CC(=O)O)C(=O)N[C@@H](CCCN)C(=O)N[C@@H](CC(=O)O)C(=O)N[C@@H](CCCN=C(N)N)C(=O)N[C@@H](Cc1c[nH]c2ccccc12)C(=O)N[C@@H](C)C(=O)N[C@@H](CO)C(=O)N[C@@H](CC(C)C)C(N)=O. The van der Waals surface area contributed by atoms with Crippen LogP contribution in [0.25, 0.3) is 10.9 Å². The third kappa shape index (κ3) is 31.0. The van der Waals surface area contributed by atoms with Crippen molar-refractivity contribution in [2.24, 2.45) is 45.7 Å². The summed E-state index contributed by atoms with van der Waals surface area (Å²) in [7, 11) is 0. The first kappa shape index (κ1) is 83.1. The Labute approximate surface area is 560 Å². The molecule has 11 atom stereocenters. The summed E-state index contributed by atoms with van der Waals surface area (Å²) in [4.78, 5) is 207. The predicted molar refractivity (Wildman–Crippen MR) is 349 cm³/mol. The molecule has 97 heavy (non-hydrogen) atoms. The highest BCUT2D eigenvalue weighted by Gasteiger charge is 2.38. The number of aromatic amines is 1. The summed E-state index contributed by atoms with van der Waals surface area (Å²) in [5.74, 6) is -18.0. The molecule has 0 saturated carbocycles. The number of nitrogens with two attached hydrogens (primary N) is 4. The number of nitrogens with zero attached hydrogens (tertiary/aromatic N) is 1. The zero-order valence-electron chi connectivity index (χ0n) is 55.7. The van der Waals surface area contributed by atoms with E-state index in [2.05, 4.69) is 68.5 Å². The van der Waals surface area contributed by atoms with Crippen LogP contribution in [0.15, 0.2) is 35.5 Å². The van der Waals surface area contributed by atoms with Crippen molar-refractivity contribution in [3.8, 4) is 0 Å². The molecule has 2 aromatic rings. The number of aliphatic carboxylic acids is 3. The fourth-order valence-corrected chi connectivity index (χ4v) is 9.81. The van der Waals surface area contributed by atoms with Crippen molar-refractivity contribution in [2.75, 3.05) is 19.7 Å². The number of para-hydroxylation sites is 1. The summed E-state index contributed by atoms with van der Waals surface area (Å²) in [5.41, 5.74) is 23.4. The van der Waals surface area contributed by atoms with Gasteiger partial charge in [-0.2, -0.15) is 0 Å². The quantitative estimate of drug-likeness (QED) is 0.0168. The van der Waals surface area contributed by atoms with Gasteiger partial charge in [0.15, 0.2) is 5.96 Å². The monoisotopic (exact) mass is 1370 g/mol. The van der Waals surface area contributed by atoms with Gasteiger partial charge < -0.3 is 107 Å². The molecule has 0 unspecified atom stereocenters. The van der Waals surface area contributed by atoms with E-state index in [0.29, 0.717) is 16.5 Å². The van der Waals surface area contributed by atoms with E-state index in [1.807, 2.05) is 0 Å². The number of aliphatic hydroxyl groups excluding tert-OH is 1. The topological polar surface area (TPSA) is 602 Å². The number of hydrogen-bond acceptors (Lipinski definition) is 18. The molecule has 36 heteroatoms. The second-order valence-corrected chi connectivity index (χ2v) is 24.6. The van der Waals surface area contributed by atoms with E-state index in [9.17, 15) is 92.3 Å². The van der Waals surface area contributed by atoms with Crippen LogP contribution in [-0.2, 0) is 78.3 Å². The molecule has 2 rings (SSSR count). The first-order chi connectivity index (χ1) is 45.5. The number of aliphatic imine (C=N–C) groups is 1. The highest BCUT2D eigenvalue weighted by molar-refractivity contribution is 6.01. The van der Waals surface area contributed by atoms with Crippen LogP contribution in [0.1, 0.15) is 132 Å². The van der Waals surface area contributed by atoms with Crippen LogP contribution in [0.2, 0.25) is 0 Å². The molecule has 0 fully saturated rings. The first-order valence-corrected chi connectivity index (χ1v) is 31.6. The Morgan fingerprint density at radius 2 is 0.856 bits per heavy atom. The van der Waals surface area contributed by atoms with E-state index in [0.717, 1.165) is 0 Å². The maximum Gasteiger partial charge on any atom is 0.305 e. The van der Waals surface area contributed by atoms with E-state index in [1.165, 1.54) is 13.8 Å². The molecule has 0 aliphatic carbocycles. The Morgan fingerprint density at radius 1 is 0.464 bits per heavy atom. The summed E-state index contributed by atoms with van der Waals surface area (Å²) >= 11 is 0. The molecule has 36 nitrogen and oxygen atoms in total. The van der Waals surface area contributed by atoms with Gasteiger partial charge in [-0.1, -0.05) is 59.7 Å². The number of H-pyrrole nitrogens is 1. The second kappa shape index (κ2) is 41.7. The van der Waals surface area contributed by atoms with Gasteiger partial charge >= 0.3 is 17.9 Å². The molecule has 0 aliphatic rings. The van der Waals surface area contributed by atoms with Crippen LogP contribution < -0.4 is 81.4 Å². The number of primary amides is 1. The van der Waals surface area contributed by atoms with E-state index >= 15 is 0 Å². The number of rotatable bonds is 45. The molecule has 0 saturated heterocycles. The lowest BCUT2D eigenvalue weighted by Gasteiger charge is -2.28. The van der Waals surface area contributed by atoms with Crippen molar-refractivity contribution in [3.63, 3.8) is 0 Å². The summed E-state index contributed by atoms with van der Waals surface area (Å²) in [6.07, 6.45) is -2.83. The molecule has 1 aromatic heterocycles. The normalized spacial score (nSPS) is 14.6. The van der Waals surface area contributed by atoms with Gasteiger partial charge in [0.1, 0.15) is 66.5 Å². The number of carboxylic acids is 3. The van der Waals surface area contributed by atoms with Crippen LogP contribution in [0, 0.1) is 17.8 Å². The number of amides is 12.